The van der Waals surface area contributed by atoms with Crippen molar-refractivity contribution in [2.24, 2.45) is 0 Å². The second-order valence-electron chi connectivity index (χ2n) is 5.73. The van der Waals surface area contributed by atoms with Crippen LogP contribution in [-0.2, 0) is 11.2 Å². The number of fused-ring (bicyclic) bond motifs is 2. The SMILES string of the molecule is Cc1[nH]c2ccc(F)cc2c1CC(=O)Nn1cnc2ccccc21. The summed E-state index contributed by atoms with van der Waals surface area (Å²) in [6.45, 7) is 1.88. The van der Waals surface area contributed by atoms with Crippen LogP contribution in [0.25, 0.3) is 21.9 Å². The van der Waals surface area contributed by atoms with Gasteiger partial charge in [-0.1, -0.05) is 12.1 Å². The molecule has 2 aromatic carbocycles. The second kappa shape index (κ2) is 5.49. The van der Waals surface area contributed by atoms with Crippen LogP contribution < -0.4 is 5.43 Å². The van der Waals surface area contributed by atoms with E-state index < -0.39 is 0 Å². The third-order valence-corrected chi connectivity index (χ3v) is 4.12. The number of hydrogen-bond donors (Lipinski definition) is 2. The highest BCUT2D eigenvalue weighted by atomic mass is 19.1. The monoisotopic (exact) mass is 322 g/mol. The van der Waals surface area contributed by atoms with Crippen LogP contribution in [0.15, 0.2) is 48.8 Å². The average Bonchev–Trinajstić information content (AvgIpc) is 3.10. The Bertz CT molecular complexity index is 1060. The maximum absolute atomic E-state index is 13.5. The zero-order valence-corrected chi connectivity index (χ0v) is 13.0. The van der Waals surface area contributed by atoms with Crippen LogP contribution in [0.1, 0.15) is 11.3 Å². The maximum atomic E-state index is 13.5. The van der Waals surface area contributed by atoms with E-state index in [1.807, 2.05) is 31.2 Å². The molecule has 1 amide bonds. The van der Waals surface area contributed by atoms with Crippen LogP contribution in [0.4, 0.5) is 4.39 Å². The summed E-state index contributed by atoms with van der Waals surface area (Å²) in [6.07, 6.45) is 1.73. The van der Waals surface area contributed by atoms with Gasteiger partial charge in [-0.25, -0.2) is 14.1 Å². The van der Waals surface area contributed by atoms with Crippen molar-refractivity contribution in [3.05, 3.63) is 65.9 Å². The van der Waals surface area contributed by atoms with E-state index in [9.17, 15) is 9.18 Å². The van der Waals surface area contributed by atoms with E-state index in [4.69, 9.17) is 0 Å². The highest BCUT2D eigenvalue weighted by Crippen LogP contribution is 2.23. The summed E-state index contributed by atoms with van der Waals surface area (Å²) in [4.78, 5) is 19.9. The largest absolute Gasteiger partial charge is 0.358 e. The van der Waals surface area contributed by atoms with Gasteiger partial charge in [-0.2, -0.15) is 0 Å². The number of rotatable bonds is 3. The van der Waals surface area contributed by atoms with Gasteiger partial charge in [0.15, 0.2) is 0 Å². The number of para-hydroxylation sites is 2. The number of aryl methyl sites for hydroxylation is 1. The van der Waals surface area contributed by atoms with E-state index in [2.05, 4.69) is 15.4 Å². The first kappa shape index (κ1) is 14.4. The lowest BCUT2D eigenvalue weighted by molar-refractivity contribution is -0.116. The highest BCUT2D eigenvalue weighted by Gasteiger charge is 2.14. The molecule has 2 heterocycles. The van der Waals surface area contributed by atoms with Gasteiger partial charge in [-0.3, -0.25) is 10.2 Å². The van der Waals surface area contributed by atoms with E-state index >= 15 is 0 Å². The fraction of sp³-hybridized carbons (Fsp3) is 0.111. The smallest absolute Gasteiger partial charge is 0.243 e. The number of H-pyrrole nitrogens is 1. The molecule has 0 spiro atoms. The van der Waals surface area contributed by atoms with Crippen LogP contribution in [-0.4, -0.2) is 20.6 Å². The first-order valence-corrected chi connectivity index (χ1v) is 7.60. The molecular formula is C18H15FN4O. The molecular weight excluding hydrogens is 307 g/mol. The van der Waals surface area contributed by atoms with Gasteiger partial charge >= 0.3 is 0 Å². The van der Waals surface area contributed by atoms with Crippen molar-refractivity contribution in [3.8, 4) is 0 Å². The molecule has 0 saturated heterocycles. The number of nitrogens with one attached hydrogen (secondary N) is 2. The molecule has 0 atom stereocenters. The van der Waals surface area contributed by atoms with Crippen LogP contribution in [0.5, 0.6) is 0 Å². The predicted molar refractivity (Wildman–Crippen MR) is 90.8 cm³/mol. The van der Waals surface area contributed by atoms with E-state index in [1.165, 1.54) is 12.1 Å². The zero-order chi connectivity index (χ0) is 16.7. The van der Waals surface area contributed by atoms with E-state index in [1.54, 1.807) is 17.1 Å². The summed E-state index contributed by atoms with van der Waals surface area (Å²) >= 11 is 0. The Labute approximate surface area is 137 Å². The maximum Gasteiger partial charge on any atom is 0.243 e. The lowest BCUT2D eigenvalue weighted by Crippen LogP contribution is -2.23. The molecule has 0 saturated carbocycles. The van der Waals surface area contributed by atoms with E-state index in [0.29, 0.717) is 0 Å². The average molecular weight is 322 g/mol. The Hall–Kier alpha value is -3.15. The van der Waals surface area contributed by atoms with Gasteiger partial charge in [-0.05, 0) is 42.8 Å². The van der Waals surface area contributed by atoms with Crippen molar-refractivity contribution in [1.29, 1.82) is 0 Å². The first-order valence-electron chi connectivity index (χ1n) is 7.60. The molecule has 2 aromatic heterocycles. The fourth-order valence-electron chi connectivity index (χ4n) is 2.97. The summed E-state index contributed by atoms with van der Waals surface area (Å²) in [6, 6.07) is 12.1. The standard InChI is InChI=1S/C18H15FN4O/c1-11-13(14-8-12(19)6-7-15(14)21-11)9-18(24)22-23-10-20-16-4-2-3-5-17(16)23/h2-8,10,21H,9H2,1H3,(H,22,24). The summed E-state index contributed by atoms with van der Waals surface area (Å²) in [5.74, 6) is -0.504. The molecule has 4 aromatic rings. The van der Waals surface area contributed by atoms with Gasteiger partial charge in [0.25, 0.3) is 0 Å². The molecule has 6 heteroatoms. The zero-order valence-electron chi connectivity index (χ0n) is 13.0. The Balaban J connectivity index is 1.63. The number of hydrogen-bond acceptors (Lipinski definition) is 2. The molecule has 0 fully saturated rings. The number of benzene rings is 2. The number of amides is 1. The number of aromatic amines is 1. The number of carbonyl (C=O) groups excluding carboxylic acids is 1. The van der Waals surface area contributed by atoms with Crippen LogP contribution in [0, 0.1) is 12.7 Å². The van der Waals surface area contributed by atoms with Gasteiger partial charge in [-0.15, -0.1) is 0 Å². The molecule has 0 aliphatic rings. The summed E-state index contributed by atoms with van der Waals surface area (Å²) in [5.41, 5.74) is 6.94. The van der Waals surface area contributed by atoms with Crippen molar-refractivity contribution < 1.29 is 9.18 Å². The molecule has 0 unspecified atom stereocenters. The Kier molecular flexibility index (Phi) is 3.30. The molecule has 4 rings (SSSR count). The Morgan fingerprint density at radius 3 is 3.00 bits per heavy atom. The van der Waals surface area contributed by atoms with Crippen molar-refractivity contribution >= 4 is 27.8 Å². The van der Waals surface area contributed by atoms with Gasteiger partial charge in [0.1, 0.15) is 12.1 Å². The van der Waals surface area contributed by atoms with Gasteiger partial charge in [0, 0.05) is 16.6 Å². The minimum absolute atomic E-state index is 0.155. The molecule has 5 nitrogen and oxygen atoms in total. The topological polar surface area (TPSA) is 62.7 Å². The lowest BCUT2D eigenvalue weighted by Gasteiger charge is -2.07. The van der Waals surface area contributed by atoms with Crippen LogP contribution in [0.3, 0.4) is 0 Å². The van der Waals surface area contributed by atoms with E-state index in [-0.39, 0.29) is 18.1 Å². The Morgan fingerprint density at radius 2 is 2.12 bits per heavy atom. The fourth-order valence-corrected chi connectivity index (χ4v) is 2.97. The first-order chi connectivity index (χ1) is 11.6. The number of halogens is 1. The molecule has 0 radical (unpaired) electrons. The third kappa shape index (κ3) is 2.42. The Morgan fingerprint density at radius 1 is 1.29 bits per heavy atom. The number of carbonyl (C=O) groups is 1. The third-order valence-electron chi connectivity index (χ3n) is 4.12. The van der Waals surface area contributed by atoms with Crippen LogP contribution >= 0.6 is 0 Å². The quantitative estimate of drug-likeness (QED) is 0.608. The number of aromatic nitrogens is 3. The van der Waals surface area contributed by atoms with Gasteiger partial charge in [0.2, 0.25) is 5.91 Å². The van der Waals surface area contributed by atoms with Crippen molar-refractivity contribution in [2.45, 2.75) is 13.3 Å². The lowest BCUT2D eigenvalue weighted by atomic mass is 10.1. The van der Waals surface area contributed by atoms with Crippen molar-refractivity contribution in [1.82, 2.24) is 14.6 Å². The molecule has 0 bridgehead atoms. The van der Waals surface area contributed by atoms with Gasteiger partial charge < -0.3 is 4.98 Å². The minimum Gasteiger partial charge on any atom is -0.358 e. The number of nitrogens with zero attached hydrogens (tertiary/aromatic N) is 2. The normalized spacial score (nSPS) is 11.2. The molecule has 24 heavy (non-hydrogen) atoms. The number of imidazole rings is 1. The summed E-state index contributed by atoms with van der Waals surface area (Å²) in [7, 11) is 0. The predicted octanol–water partition coefficient (Wildman–Crippen LogP) is 3.28. The van der Waals surface area contributed by atoms with Crippen LogP contribution in [0.2, 0.25) is 0 Å². The summed E-state index contributed by atoms with van der Waals surface area (Å²) < 4.78 is 15.1. The van der Waals surface area contributed by atoms with Crippen molar-refractivity contribution in [2.75, 3.05) is 5.43 Å². The molecule has 120 valence electrons. The molecule has 2 N–H and O–H groups in total. The van der Waals surface area contributed by atoms with E-state index in [0.717, 1.165) is 33.2 Å². The molecule has 0 aliphatic carbocycles. The van der Waals surface area contributed by atoms with Crippen molar-refractivity contribution in [3.63, 3.8) is 0 Å². The van der Waals surface area contributed by atoms with Gasteiger partial charge in [0.05, 0.1) is 17.5 Å². The second-order valence-corrected chi connectivity index (χ2v) is 5.73. The highest BCUT2D eigenvalue weighted by molar-refractivity contribution is 5.93. The minimum atomic E-state index is -0.316. The summed E-state index contributed by atoms with van der Waals surface area (Å²) in [5, 5.41) is 0.734. The molecule has 0 aliphatic heterocycles.